The molecule has 2 aromatic carbocycles. The second-order valence-corrected chi connectivity index (χ2v) is 7.09. The number of rotatable bonds is 7. The van der Waals surface area contributed by atoms with E-state index in [-0.39, 0.29) is 24.7 Å². The molecule has 0 saturated heterocycles. The van der Waals surface area contributed by atoms with E-state index in [0.29, 0.717) is 48.2 Å². The zero-order chi connectivity index (χ0) is 21.1. The van der Waals surface area contributed by atoms with Crippen molar-refractivity contribution in [2.24, 2.45) is 0 Å². The van der Waals surface area contributed by atoms with Crippen LogP contribution in [-0.2, 0) is 27.3 Å². The van der Waals surface area contributed by atoms with Crippen LogP contribution in [0, 0.1) is 0 Å². The van der Waals surface area contributed by atoms with Crippen LogP contribution in [0.1, 0.15) is 35.2 Å². The van der Waals surface area contributed by atoms with Crippen LogP contribution in [0.3, 0.4) is 0 Å². The number of aryl methyl sites for hydroxylation is 2. The van der Waals surface area contributed by atoms with Crippen molar-refractivity contribution in [3.05, 3.63) is 64.1 Å². The van der Waals surface area contributed by atoms with E-state index in [0.717, 1.165) is 5.56 Å². The number of anilines is 1. The molecule has 154 valence electrons. The first kappa shape index (κ1) is 19.6. The Hall–Kier alpha value is -3.68. The number of hydrogen-bond acceptors (Lipinski definition) is 6. The van der Waals surface area contributed by atoms with Crippen molar-refractivity contribution in [1.29, 1.82) is 0 Å². The van der Waals surface area contributed by atoms with Gasteiger partial charge in [-0.3, -0.25) is 19.0 Å². The minimum atomic E-state index is -0.505. The van der Waals surface area contributed by atoms with Gasteiger partial charge < -0.3 is 14.5 Å². The summed E-state index contributed by atoms with van der Waals surface area (Å²) in [7, 11) is 0. The first-order chi connectivity index (χ1) is 14.5. The summed E-state index contributed by atoms with van der Waals surface area (Å²) in [5.74, 6) is -1.32. The molecule has 3 aromatic rings. The third-order valence-corrected chi connectivity index (χ3v) is 5.02. The Morgan fingerprint density at radius 3 is 2.80 bits per heavy atom. The van der Waals surface area contributed by atoms with Gasteiger partial charge in [0.1, 0.15) is 0 Å². The highest BCUT2D eigenvalue weighted by Crippen LogP contribution is 2.23. The maximum atomic E-state index is 12.3. The minimum Gasteiger partial charge on any atom is -0.457 e. The van der Waals surface area contributed by atoms with Crippen LogP contribution >= 0.6 is 0 Å². The van der Waals surface area contributed by atoms with Crippen LogP contribution in [0.2, 0.25) is 0 Å². The maximum absolute atomic E-state index is 12.3. The van der Waals surface area contributed by atoms with Gasteiger partial charge in [-0.25, -0.2) is 4.79 Å². The molecule has 0 atom stereocenters. The highest BCUT2D eigenvalue weighted by atomic mass is 16.5. The summed E-state index contributed by atoms with van der Waals surface area (Å²) in [4.78, 5) is 47.6. The lowest BCUT2D eigenvalue weighted by Gasteiger charge is -2.17. The van der Waals surface area contributed by atoms with Crippen LogP contribution in [0.15, 0.2) is 51.7 Å². The molecule has 8 nitrogen and oxygen atoms in total. The van der Waals surface area contributed by atoms with Gasteiger partial charge in [0.2, 0.25) is 5.91 Å². The average Bonchev–Trinajstić information content (AvgIpc) is 3.07. The van der Waals surface area contributed by atoms with Crippen molar-refractivity contribution >= 4 is 34.4 Å². The number of fused-ring (bicyclic) bond motifs is 2. The summed E-state index contributed by atoms with van der Waals surface area (Å²) >= 11 is 0. The molecule has 0 fully saturated rings. The monoisotopic (exact) mass is 408 g/mol. The predicted molar refractivity (Wildman–Crippen MR) is 108 cm³/mol. The number of ether oxygens (including phenoxy) is 1. The van der Waals surface area contributed by atoms with Crippen LogP contribution in [-0.4, -0.2) is 28.8 Å². The molecule has 0 spiro atoms. The van der Waals surface area contributed by atoms with Gasteiger partial charge in [-0.1, -0.05) is 12.1 Å². The van der Waals surface area contributed by atoms with E-state index in [1.165, 1.54) is 4.57 Å². The Kier molecular flexibility index (Phi) is 5.47. The second-order valence-electron chi connectivity index (χ2n) is 7.09. The van der Waals surface area contributed by atoms with Crippen molar-refractivity contribution in [2.45, 2.75) is 32.2 Å². The summed E-state index contributed by atoms with van der Waals surface area (Å²) in [5, 5.41) is 2.76. The molecule has 4 rings (SSSR count). The summed E-state index contributed by atoms with van der Waals surface area (Å²) in [6.07, 6.45) is 1.42. The van der Waals surface area contributed by atoms with Crippen LogP contribution in [0.5, 0.6) is 0 Å². The summed E-state index contributed by atoms with van der Waals surface area (Å²) in [6.45, 7) is -0.0337. The molecule has 0 bridgehead atoms. The average molecular weight is 408 g/mol. The summed E-state index contributed by atoms with van der Waals surface area (Å²) in [5.41, 5.74) is 3.22. The standard InChI is InChI=1S/C22H20N2O6/c25-18(15-7-9-16-14(12-15)8-10-20(26)23-16)13-29-21(27)6-3-11-24-17-4-1-2-5-19(17)30-22(24)28/h1-2,4-5,7,9,12H,3,6,8,10-11,13H2,(H,23,26). The van der Waals surface area contributed by atoms with Crippen molar-refractivity contribution in [3.63, 3.8) is 0 Å². The van der Waals surface area contributed by atoms with Crippen LogP contribution in [0.25, 0.3) is 11.1 Å². The number of amides is 1. The fraction of sp³-hybridized carbons (Fsp3) is 0.273. The quantitative estimate of drug-likeness (QED) is 0.476. The van der Waals surface area contributed by atoms with Crippen LogP contribution < -0.4 is 11.1 Å². The summed E-state index contributed by atoms with van der Waals surface area (Å²) < 4.78 is 11.7. The molecule has 0 unspecified atom stereocenters. The number of carbonyl (C=O) groups is 3. The Balaban J connectivity index is 1.27. The molecule has 0 aliphatic carbocycles. The van der Waals surface area contributed by atoms with Crippen molar-refractivity contribution in [3.8, 4) is 0 Å². The molecule has 1 aromatic heterocycles. The number of carbonyl (C=O) groups excluding carboxylic acids is 3. The Morgan fingerprint density at radius 2 is 1.93 bits per heavy atom. The molecule has 0 saturated carbocycles. The van der Waals surface area contributed by atoms with E-state index in [4.69, 9.17) is 9.15 Å². The largest absolute Gasteiger partial charge is 0.457 e. The number of ketones is 1. The number of aromatic nitrogens is 1. The van der Waals surface area contributed by atoms with E-state index < -0.39 is 11.7 Å². The number of nitrogens with zero attached hydrogens (tertiary/aromatic N) is 1. The van der Waals surface area contributed by atoms with E-state index in [2.05, 4.69) is 5.32 Å². The minimum absolute atomic E-state index is 0.0406. The molecule has 0 radical (unpaired) electrons. The van der Waals surface area contributed by atoms with Crippen LogP contribution in [0.4, 0.5) is 5.69 Å². The Labute approximate surface area is 171 Å². The first-order valence-electron chi connectivity index (χ1n) is 9.71. The Bertz CT molecular complexity index is 1190. The van der Waals surface area contributed by atoms with Gasteiger partial charge in [-0.05, 0) is 48.7 Å². The first-order valence-corrected chi connectivity index (χ1v) is 9.71. The van der Waals surface area contributed by atoms with E-state index in [1.807, 2.05) is 6.07 Å². The topological polar surface area (TPSA) is 108 Å². The Morgan fingerprint density at radius 1 is 1.10 bits per heavy atom. The number of oxazole rings is 1. The zero-order valence-electron chi connectivity index (χ0n) is 16.2. The van der Waals surface area contributed by atoms with E-state index in [1.54, 1.807) is 36.4 Å². The molecule has 1 aliphatic heterocycles. The summed E-state index contributed by atoms with van der Waals surface area (Å²) in [6, 6.07) is 12.1. The SMILES string of the molecule is O=C1CCc2cc(C(=O)COC(=O)CCCn3c(=O)oc4ccccc43)ccc2N1. The van der Waals surface area contributed by atoms with E-state index in [9.17, 15) is 19.2 Å². The number of nitrogens with one attached hydrogen (secondary N) is 1. The normalized spacial score (nSPS) is 13.0. The smallest absolute Gasteiger partial charge is 0.419 e. The number of benzene rings is 2. The van der Waals surface area contributed by atoms with Crippen molar-refractivity contribution < 1.29 is 23.5 Å². The van der Waals surface area contributed by atoms with Gasteiger partial charge in [0.25, 0.3) is 0 Å². The predicted octanol–water partition coefficient (Wildman–Crippen LogP) is 2.69. The van der Waals surface area contributed by atoms with Gasteiger partial charge in [0.05, 0.1) is 5.52 Å². The highest BCUT2D eigenvalue weighted by molar-refractivity contribution is 6.00. The number of esters is 1. The van der Waals surface area contributed by atoms with Crippen molar-refractivity contribution in [2.75, 3.05) is 11.9 Å². The van der Waals surface area contributed by atoms with Gasteiger partial charge in [-0.15, -0.1) is 0 Å². The molecule has 8 heteroatoms. The fourth-order valence-electron chi connectivity index (χ4n) is 3.47. The fourth-order valence-corrected chi connectivity index (χ4v) is 3.47. The lowest BCUT2D eigenvalue weighted by molar-refractivity contribution is -0.142. The van der Waals surface area contributed by atoms with Gasteiger partial charge in [0, 0.05) is 30.6 Å². The molecule has 1 aliphatic rings. The molecular weight excluding hydrogens is 388 g/mol. The molecule has 2 heterocycles. The van der Waals surface area contributed by atoms with Gasteiger partial charge >= 0.3 is 11.7 Å². The zero-order valence-corrected chi connectivity index (χ0v) is 16.2. The molecular formula is C22H20N2O6. The molecule has 1 N–H and O–H groups in total. The molecule has 1 amide bonds. The van der Waals surface area contributed by atoms with Gasteiger partial charge in [-0.2, -0.15) is 0 Å². The number of para-hydroxylation sites is 2. The van der Waals surface area contributed by atoms with Crippen molar-refractivity contribution in [1.82, 2.24) is 4.57 Å². The third kappa shape index (κ3) is 4.17. The van der Waals surface area contributed by atoms with Gasteiger partial charge in [0.15, 0.2) is 18.0 Å². The number of hydrogen-bond donors (Lipinski definition) is 1. The second kappa shape index (κ2) is 8.36. The lowest BCUT2D eigenvalue weighted by Crippen LogP contribution is -2.20. The third-order valence-electron chi connectivity index (χ3n) is 5.02. The number of Topliss-reactive ketones (excluding diaryl/α,β-unsaturated/α-hetero) is 1. The lowest BCUT2D eigenvalue weighted by atomic mass is 9.99. The van der Waals surface area contributed by atoms with E-state index >= 15 is 0 Å². The molecule has 30 heavy (non-hydrogen) atoms. The maximum Gasteiger partial charge on any atom is 0.419 e. The highest BCUT2D eigenvalue weighted by Gasteiger charge is 2.17.